The highest BCUT2D eigenvalue weighted by Crippen LogP contribution is 2.35. The molecule has 0 spiro atoms. The largest absolute Gasteiger partial charge is 0.277 e. The molecule has 0 saturated heterocycles. The Bertz CT molecular complexity index is 162. The van der Waals surface area contributed by atoms with Crippen molar-refractivity contribution in [2.45, 2.75) is 39.0 Å². The van der Waals surface area contributed by atoms with Gasteiger partial charge in [0.15, 0.2) is 0 Å². The van der Waals surface area contributed by atoms with Gasteiger partial charge in [0.1, 0.15) is 0 Å². The summed E-state index contributed by atoms with van der Waals surface area (Å²) in [6, 6.07) is 0. The van der Waals surface area contributed by atoms with Gasteiger partial charge in [0.2, 0.25) is 5.91 Å². The Kier molecular flexibility index (Phi) is 3.09. The summed E-state index contributed by atoms with van der Waals surface area (Å²) in [6.07, 6.45) is 5.56. The van der Waals surface area contributed by atoms with E-state index < -0.39 is 0 Å². The van der Waals surface area contributed by atoms with E-state index in [-0.39, 0.29) is 11.3 Å². The van der Waals surface area contributed by atoms with E-state index >= 15 is 0 Å². The highest BCUT2D eigenvalue weighted by Gasteiger charge is 2.34. The lowest BCUT2D eigenvalue weighted by atomic mass is 9.75. The van der Waals surface area contributed by atoms with Gasteiger partial charge >= 0.3 is 0 Å². The van der Waals surface area contributed by atoms with Gasteiger partial charge < -0.3 is 0 Å². The second-order valence-corrected chi connectivity index (χ2v) is 3.76. The first-order valence-corrected chi connectivity index (χ1v) is 4.52. The predicted molar refractivity (Wildman–Crippen MR) is 46.3 cm³/mol. The maximum Gasteiger partial charge on any atom is 0.249 e. The van der Waals surface area contributed by atoms with Crippen LogP contribution < -0.4 is 5.48 Å². The van der Waals surface area contributed by atoms with Crippen LogP contribution in [-0.4, -0.2) is 13.0 Å². The van der Waals surface area contributed by atoms with E-state index in [0.717, 1.165) is 25.7 Å². The fourth-order valence-electron chi connectivity index (χ4n) is 1.78. The van der Waals surface area contributed by atoms with Crippen LogP contribution in [0.2, 0.25) is 0 Å². The molecule has 0 atom stereocenters. The van der Waals surface area contributed by atoms with Crippen LogP contribution in [0.4, 0.5) is 0 Å². The molecule has 1 rings (SSSR count). The molecule has 1 fully saturated rings. The smallest absolute Gasteiger partial charge is 0.249 e. The average molecular weight is 171 g/mol. The summed E-state index contributed by atoms with van der Waals surface area (Å²) < 4.78 is 0. The quantitative estimate of drug-likeness (QED) is 0.641. The van der Waals surface area contributed by atoms with Gasteiger partial charge in [0.25, 0.3) is 0 Å². The second kappa shape index (κ2) is 3.90. The zero-order chi connectivity index (χ0) is 9.03. The summed E-state index contributed by atoms with van der Waals surface area (Å²) in [5, 5.41) is 0. The number of carbonyl (C=O) groups excluding carboxylic acids is 1. The van der Waals surface area contributed by atoms with Crippen LogP contribution in [-0.2, 0) is 9.63 Å². The molecular formula is C9H17NO2. The second-order valence-electron chi connectivity index (χ2n) is 3.76. The molecule has 1 aliphatic rings. The van der Waals surface area contributed by atoms with Crippen LogP contribution in [0, 0.1) is 5.41 Å². The molecule has 70 valence electrons. The molecule has 1 aliphatic carbocycles. The van der Waals surface area contributed by atoms with E-state index in [1.165, 1.54) is 13.5 Å². The first-order chi connectivity index (χ1) is 5.69. The van der Waals surface area contributed by atoms with E-state index in [1.54, 1.807) is 0 Å². The van der Waals surface area contributed by atoms with Gasteiger partial charge in [0, 0.05) is 5.41 Å². The highest BCUT2D eigenvalue weighted by molar-refractivity contribution is 5.81. The van der Waals surface area contributed by atoms with E-state index in [2.05, 4.69) is 10.3 Å². The maximum atomic E-state index is 11.5. The summed E-state index contributed by atoms with van der Waals surface area (Å²) in [4.78, 5) is 16.1. The van der Waals surface area contributed by atoms with Gasteiger partial charge in [-0.2, -0.15) is 0 Å². The van der Waals surface area contributed by atoms with E-state index in [4.69, 9.17) is 0 Å². The molecule has 0 unspecified atom stereocenters. The van der Waals surface area contributed by atoms with Crippen molar-refractivity contribution in [2.75, 3.05) is 7.11 Å². The van der Waals surface area contributed by atoms with Gasteiger partial charge in [-0.05, 0) is 12.8 Å². The molecule has 3 heteroatoms. The van der Waals surface area contributed by atoms with Crippen molar-refractivity contribution in [3.8, 4) is 0 Å². The van der Waals surface area contributed by atoms with Gasteiger partial charge in [-0.25, -0.2) is 5.48 Å². The number of hydrogen-bond donors (Lipinski definition) is 1. The monoisotopic (exact) mass is 171 g/mol. The van der Waals surface area contributed by atoms with E-state index in [0.29, 0.717) is 0 Å². The van der Waals surface area contributed by atoms with Crippen LogP contribution in [0.5, 0.6) is 0 Å². The molecule has 0 aromatic rings. The SMILES string of the molecule is CONC(=O)C1(C)CCCCC1. The lowest BCUT2D eigenvalue weighted by Crippen LogP contribution is -2.39. The third-order valence-corrected chi connectivity index (χ3v) is 2.70. The summed E-state index contributed by atoms with van der Waals surface area (Å²) in [5.41, 5.74) is 2.23. The summed E-state index contributed by atoms with van der Waals surface area (Å²) in [7, 11) is 1.48. The maximum absolute atomic E-state index is 11.5. The Hall–Kier alpha value is -0.570. The first kappa shape index (κ1) is 9.52. The molecule has 3 nitrogen and oxygen atoms in total. The van der Waals surface area contributed by atoms with Crippen molar-refractivity contribution in [1.82, 2.24) is 5.48 Å². The Morgan fingerprint density at radius 1 is 1.33 bits per heavy atom. The number of carbonyl (C=O) groups is 1. The topological polar surface area (TPSA) is 38.3 Å². The third-order valence-electron chi connectivity index (χ3n) is 2.70. The number of hydroxylamine groups is 1. The molecule has 0 aromatic heterocycles. The number of nitrogens with one attached hydrogen (secondary N) is 1. The number of rotatable bonds is 2. The minimum Gasteiger partial charge on any atom is -0.277 e. The molecular weight excluding hydrogens is 154 g/mol. The first-order valence-electron chi connectivity index (χ1n) is 4.52. The normalized spacial score (nSPS) is 21.8. The standard InChI is InChI=1S/C9H17NO2/c1-9(8(11)10-12-2)6-4-3-5-7-9/h3-7H2,1-2H3,(H,10,11). The van der Waals surface area contributed by atoms with Crippen LogP contribution in [0.15, 0.2) is 0 Å². The Morgan fingerprint density at radius 2 is 1.92 bits per heavy atom. The van der Waals surface area contributed by atoms with Crippen molar-refractivity contribution in [3.05, 3.63) is 0 Å². The van der Waals surface area contributed by atoms with Gasteiger partial charge in [-0.1, -0.05) is 26.2 Å². The van der Waals surface area contributed by atoms with Crippen LogP contribution in [0.25, 0.3) is 0 Å². The number of amides is 1. The molecule has 0 heterocycles. The van der Waals surface area contributed by atoms with Crippen LogP contribution in [0.1, 0.15) is 39.0 Å². The summed E-state index contributed by atoms with van der Waals surface area (Å²) in [6.45, 7) is 2.01. The lowest BCUT2D eigenvalue weighted by molar-refractivity contribution is -0.142. The highest BCUT2D eigenvalue weighted by atomic mass is 16.6. The van der Waals surface area contributed by atoms with E-state index in [9.17, 15) is 4.79 Å². The zero-order valence-electron chi connectivity index (χ0n) is 7.85. The van der Waals surface area contributed by atoms with Crippen LogP contribution >= 0.6 is 0 Å². The fraction of sp³-hybridized carbons (Fsp3) is 0.889. The van der Waals surface area contributed by atoms with Crippen molar-refractivity contribution in [3.63, 3.8) is 0 Å². The lowest BCUT2D eigenvalue weighted by Gasteiger charge is -2.31. The molecule has 0 aromatic carbocycles. The fourth-order valence-corrected chi connectivity index (χ4v) is 1.78. The Balaban J connectivity index is 2.50. The Morgan fingerprint density at radius 3 is 2.42 bits per heavy atom. The summed E-state index contributed by atoms with van der Waals surface area (Å²) >= 11 is 0. The van der Waals surface area contributed by atoms with Crippen molar-refractivity contribution in [2.24, 2.45) is 5.41 Å². The molecule has 12 heavy (non-hydrogen) atoms. The Labute approximate surface area is 73.4 Å². The number of hydrogen-bond acceptors (Lipinski definition) is 2. The molecule has 0 bridgehead atoms. The van der Waals surface area contributed by atoms with Gasteiger partial charge in [-0.15, -0.1) is 0 Å². The average Bonchev–Trinajstić information content (AvgIpc) is 2.06. The summed E-state index contributed by atoms with van der Waals surface area (Å²) in [5.74, 6) is 0.0321. The third kappa shape index (κ3) is 1.97. The van der Waals surface area contributed by atoms with E-state index in [1.807, 2.05) is 6.92 Å². The molecule has 1 N–H and O–H groups in total. The van der Waals surface area contributed by atoms with Gasteiger partial charge in [0.05, 0.1) is 7.11 Å². The van der Waals surface area contributed by atoms with Crippen molar-refractivity contribution >= 4 is 5.91 Å². The van der Waals surface area contributed by atoms with Crippen LogP contribution in [0.3, 0.4) is 0 Å². The minimum atomic E-state index is -0.186. The predicted octanol–water partition coefficient (Wildman–Crippen LogP) is 1.63. The van der Waals surface area contributed by atoms with Crippen molar-refractivity contribution in [1.29, 1.82) is 0 Å². The van der Waals surface area contributed by atoms with Gasteiger partial charge in [-0.3, -0.25) is 9.63 Å². The zero-order valence-corrected chi connectivity index (χ0v) is 7.85. The molecule has 0 aliphatic heterocycles. The minimum absolute atomic E-state index is 0.0321. The molecule has 1 amide bonds. The molecule has 1 saturated carbocycles. The molecule has 0 radical (unpaired) electrons. The van der Waals surface area contributed by atoms with Crippen molar-refractivity contribution < 1.29 is 9.63 Å².